The molecule has 0 bridgehead atoms. The summed E-state index contributed by atoms with van der Waals surface area (Å²) < 4.78 is 5.59. The van der Waals surface area contributed by atoms with Crippen molar-refractivity contribution in [3.63, 3.8) is 0 Å². The average molecular weight is 447 g/mol. The average Bonchev–Trinajstić information content (AvgIpc) is 2.61. The van der Waals surface area contributed by atoms with Gasteiger partial charge in [-0.05, 0) is 54.5 Å². The van der Waals surface area contributed by atoms with Crippen molar-refractivity contribution < 1.29 is 19.4 Å². The quantitative estimate of drug-likeness (QED) is 0.429. The number of ether oxygens (including phenoxy) is 1. The van der Waals surface area contributed by atoms with Gasteiger partial charge in [-0.1, -0.05) is 34.1 Å². The van der Waals surface area contributed by atoms with Gasteiger partial charge in [-0.3, -0.25) is 19.8 Å². The van der Waals surface area contributed by atoms with Gasteiger partial charge in [0, 0.05) is 4.47 Å². The largest absolute Gasteiger partial charge is 0.504 e. The first kappa shape index (κ1) is 19.1. The van der Waals surface area contributed by atoms with Crippen molar-refractivity contribution in [2.24, 2.45) is 0 Å². The van der Waals surface area contributed by atoms with Gasteiger partial charge in [-0.15, -0.1) is 0 Å². The van der Waals surface area contributed by atoms with E-state index in [1.165, 1.54) is 30.2 Å². The number of carbonyl (C=O) groups excluding carboxylic acids is 2. The number of nitrogens with one attached hydrogen (secondary N) is 1. The van der Waals surface area contributed by atoms with Crippen LogP contribution in [0, 0.1) is 6.92 Å². The number of para-hydroxylation sites is 1. The second-order valence-corrected chi connectivity index (χ2v) is 7.03. The van der Waals surface area contributed by atoms with Gasteiger partial charge in [0.25, 0.3) is 11.8 Å². The van der Waals surface area contributed by atoms with Crippen LogP contribution in [0.15, 0.2) is 46.4 Å². The van der Waals surface area contributed by atoms with Crippen LogP contribution in [0.25, 0.3) is 6.08 Å². The molecule has 8 heteroatoms. The van der Waals surface area contributed by atoms with Crippen LogP contribution in [0.1, 0.15) is 11.1 Å². The molecule has 1 fully saturated rings. The van der Waals surface area contributed by atoms with E-state index in [9.17, 15) is 14.7 Å². The van der Waals surface area contributed by atoms with E-state index in [1.807, 2.05) is 19.1 Å². The summed E-state index contributed by atoms with van der Waals surface area (Å²) in [6.07, 6.45) is 1.43. The maximum absolute atomic E-state index is 13.0. The van der Waals surface area contributed by atoms with E-state index in [2.05, 4.69) is 21.2 Å². The minimum absolute atomic E-state index is 0.0267. The second-order valence-electron chi connectivity index (χ2n) is 5.79. The minimum Gasteiger partial charge on any atom is -0.504 e. The van der Waals surface area contributed by atoms with Crippen LogP contribution in [0.5, 0.6) is 11.5 Å². The summed E-state index contributed by atoms with van der Waals surface area (Å²) in [6.45, 7) is 1.85. The van der Waals surface area contributed by atoms with E-state index in [-0.39, 0.29) is 22.2 Å². The summed E-state index contributed by atoms with van der Waals surface area (Å²) in [5, 5.41) is 12.4. The van der Waals surface area contributed by atoms with Crippen molar-refractivity contribution in [2.45, 2.75) is 6.92 Å². The number of aromatic hydroxyl groups is 1. The van der Waals surface area contributed by atoms with E-state index in [0.29, 0.717) is 15.7 Å². The summed E-state index contributed by atoms with van der Waals surface area (Å²) >= 11 is 8.52. The van der Waals surface area contributed by atoms with Gasteiger partial charge in [0.1, 0.15) is 5.57 Å². The molecular weight excluding hydrogens is 432 g/mol. The molecule has 0 atom stereocenters. The van der Waals surface area contributed by atoms with Gasteiger partial charge in [-0.25, -0.2) is 0 Å². The molecule has 3 rings (SSSR count). The van der Waals surface area contributed by atoms with E-state index in [4.69, 9.17) is 17.0 Å². The smallest absolute Gasteiger partial charge is 0.270 e. The summed E-state index contributed by atoms with van der Waals surface area (Å²) in [6, 6.07) is 10.2. The maximum atomic E-state index is 13.0. The number of hydrogen-bond acceptors (Lipinski definition) is 5. The molecule has 0 aliphatic carbocycles. The van der Waals surface area contributed by atoms with E-state index < -0.39 is 11.8 Å². The third-order valence-corrected chi connectivity index (χ3v) is 5.03. The van der Waals surface area contributed by atoms with Crippen LogP contribution >= 0.6 is 28.1 Å². The normalized spacial score (nSPS) is 15.9. The van der Waals surface area contributed by atoms with Crippen LogP contribution in [0.2, 0.25) is 0 Å². The third kappa shape index (κ3) is 3.58. The Labute approximate surface area is 169 Å². The SMILES string of the molecule is COc1cc(C=C2C(=O)NC(=S)N(c3ccccc3C)C2=O)c(Br)cc1O. The van der Waals surface area contributed by atoms with E-state index >= 15 is 0 Å². The molecule has 2 aromatic rings. The van der Waals surface area contributed by atoms with Crippen molar-refractivity contribution >= 4 is 56.8 Å². The molecule has 2 N–H and O–H groups in total. The summed E-state index contributed by atoms with van der Waals surface area (Å²) in [7, 11) is 1.41. The van der Waals surface area contributed by atoms with Crippen molar-refractivity contribution in [2.75, 3.05) is 12.0 Å². The van der Waals surface area contributed by atoms with Gasteiger partial charge in [-0.2, -0.15) is 0 Å². The predicted octanol–water partition coefficient (Wildman–Crippen LogP) is 3.30. The summed E-state index contributed by atoms with van der Waals surface area (Å²) in [5.74, 6) is -0.959. The van der Waals surface area contributed by atoms with Crippen molar-refractivity contribution in [1.29, 1.82) is 0 Å². The number of aryl methyl sites for hydroxylation is 1. The molecule has 0 spiro atoms. The zero-order valence-electron chi connectivity index (χ0n) is 14.4. The monoisotopic (exact) mass is 446 g/mol. The fourth-order valence-electron chi connectivity index (χ4n) is 2.68. The second kappa shape index (κ2) is 7.50. The summed E-state index contributed by atoms with van der Waals surface area (Å²) in [5.41, 5.74) is 1.86. The standard InChI is InChI=1S/C19H15BrN2O4S/c1-10-5-3-4-6-14(10)22-18(25)12(17(24)21-19(22)27)7-11-8-16(26-2)15(23)9-13(11)20/h3-9,23H,1-2H3,(H,21,24,27). The molecule has 0 unspecified atom stereocenters. The zero-order chi connectivity index (χ0) is 19.7. The molecule has 6 nitrogen and oxygen atoms in total. The maximum Gasteiger partial charge on any atom is 0.270 e. The summed E-state index contributed by atoms with van der Waals surface area (Å²) in [4.78, 5) is 26.7. The molecule has 1 aliphatic rings. The Kier molecular flexibility index (Phi) is 5.29. The molecule has 138 valence electrons. The number of thiocarbonyl (C=S) groups is 1. The third-order valence-electron chi connectivity index (χ3n) is 4.06. The predicted molar refractivity (Wildman–Crippen MR) is 110 cm³/mol. The Morgan fingerprint density at radius 3 is 2.63 bits per heavy atom. The molecule has 0 radical (unpaired) electrons. The number of phenolic OH excluding ortho intramolecular Hbond substituents is 1. The van der Waals surface area contributed by atoms with Crippen molar-refractivity contribution in [1.82, 2.24) is 5.32 Å². The Hall–Kier alpha value is -2.71. The number of halogens is 1. The Bertz CT molecular complexity index is 1000. The molecule has 1 heterocycles. The highest BCUT2D eigenvalue weighted by molar-refractivity contribution is 9.10. The van der Waals surface area contributed by atoms with Crippen LogP contribution in [0.3, 0.4) is 0 Å². The highest BCUT2D eigenvalue weighted by atomic mass is 79.9. The van der Waals surface area contributed by atoms with Gasteiger partial charge < -0.3 is 9.84 Å². The number of methoxy groups -OCH3 is 1. The van der Waals surface area contributed by atoms with Crippen LogP contribution < -0.4 is 15.0 Å². The number of benzene rings is 2. The van der Waals surface area contributed by atoms with Crippen LogP contribution in [-0.4, -0.2) is 29.1 Å². The molecule has 27 heavy (non-hydrogen) atoms. The fraction of sp³-hybridized carbons (Fsp3) is 0.105. The van der Waals surface area contributed by atoms with Gasteiger partial charge >= 0.3 is 0 Å². The van der Waals surface area contributed by atoms with Crippen LogP contribution in [-0.2, 0) is 9.59 Å². The molecule has 0 aromatic heterocycles. The van der Waals surface area contributed by atoms with Gasteiger partial charge in [0.05, 0.1) is 12.8 Å². The number of amides is 2. The highest BCUT2D eigenvalue weighted by Gasteiger charge is 2.35. The van der Waals surface area contributed by atoms with Gasteiger partial charge in [0.15, 0.2) is 16.6 Å². The minimum atomic E-state index is -0.589. The fourth-order valence-corrected chi connectivity index (χ4v) is 3.40. The molecule has 0 saturated carbocycles. The molecular formula is C19H15BrN2O4S. The number of carbonyl (C=O) groups is 2. The van der Waals surface area contributed by atoms with Gasteiger partial charge in [0.2, 0.25) is 0 Å². The van der Waals surface area contributed by atoms with E-state index in [1.54, 1.807) is 12.1 Å². The molecule has 1 aliphatic heterocycles. The number of hydrogen-bond donors (Lipinski definition) is 2. The lowest BCUT2D eigenvalue weighted by atomic mass is 10.1. The Balaban J connectivity index is 2.09. The number of nitrogens with zero attached hydrogens (tertiary/aromatic N) is 1. The Morgan fingerprint density at radius 1 is 1.26 bits per heavy atom. The number of phenols is 1. The van der Waals surface area contributed by atoms with Crippen LogP contribution in [0.4, 0.5) is 5.69 Å². The van der Waals surface area contributed by atoms with E-state index in [0.717, 1.165) is 5.56 Å². The lowest BCUT2D eigenvalue weighted by Gasteiger charge is -2.30. The first-order chi connectivity index (χ1) is 12.8. The molecule has 2 amide bonds. The van der Waals surface area contributed by atoms with Crippen molar-refractivity contribution in [3.05, 3.63) is 57.6 Å². The first-order valence-corrected chi connectivity index (χ1v) is 9.07. The number of anilines is 1. The lowest BCUT2D eigenvalue weighted by Crippen LogP contribution is -2.54. The zero-order valence-corrected chi connectivity index (χ0v) is 16.8. The topological polar surface area (TPSA) is 78.9 Å². The first-order valence-electron chi connectivity index (χ1n) is 7.87. The Morgan fingerprint density at radius 2 is 1.96 bits per heavy atom. The molecule has 1 saturated heterocycles. The van der Waals surface area contributed by atoms with Crippen molar-refractivity contribution in [3.8, 4) is 11.5 Å². The number of rotatable bonds is 3. The highest BCUT2D eigenvalue weighted by Crippen LogP contribution is 2.34. The lowest BCUT2D eigenvalue weighted by molar-refractivity contribution is -0.122. The molecule has 2 aromatic carbocycles.